The number of H-pyrrole nitrogens is 1. The van der Waals surface area contributed by atoms with E-state index in [1.807, 2.05) is 29.1 Å². The van der Waals surface area contributed by atoms with Crippen molar-refractivity contribution in [3.8, 4) is 11.3 Å². The van der Waals surface area contributed by atoms with Gasteiger partial charge in [0, 0.05) is 29.4 Å². The summed E-state index contributed by atoms with van der Waals surface area (Å²) in [4.78, 5) is 4.58. The lowest BCUT2D eigenvalue weighted by molar-refractivity contribution is 0.458. The number of benzene rings is 1. The fraction of sp³-hybridized carbons (Fsp3) is 0.278. The van der Waals surface area contributed by atoms with Crippen molar-refractivity contribution in [1.29, 1.82) is 0 Å². The van der Waals surface area contributed by atoms with E-state index >= 15 is 0 Å². The molecule has 4 aromatic rings. The first kappa shape index (κ1) is 14.7. The molecule has 1 atom stereocenters. The van der Waals surface area contributed by atoms with E-state index in [9.17, 15) is 0 Å². The summed E-state index contributed by atoms with van der Waals surface area (Å²) in [5.41, 5.74) is 9.84. The Hall–Kier alpha value is -2.89. The van der Waals surface area contributed by atoms with Crippen LogP contribution in [0, 0.1) is 0 Å². The second-order valence-corrected chi connectivity index (χ2v) is 6.20. The maximum atomic E-state index is 6.19. The molecule has 6 nitrogen and oxygen atoms in total. The van der Waals surface area contributed by atoms with Crippen molar-refractivity contribution in [2.24, 2.45) is 0 Å². The maximum absolute atomic E-state index is 6.19. The third kappa shape index (κ3) is 2.31. The van der Waals surface area contributed by atoms with Crippen molar-refractivity contribution in [2.45, 2.75) is 32.7 Å². The molecule has 0 bridgehead atoms. The smallest absolute Gasteiger partial charge is 0.135 e. The van der Waals surface area contributed by atoms with Gasteiger partial charge in [0.15, 0.2) is 0 Å². The molecule has 3 N–H and O–H groups in total. The van der Waals surface area contributed by atoms with Crippen LogP contribution in [0.2, 0.25) is 0 Å². The molecule has 4 rings (SSSR count). The van der Waals surface area contributed by atoms with E-state index in [0.717, 1.165) is 45.9 Å². The quantitative estimate of drug-likeness (QED) is 0.597. The highest BCUT2D eigenvalue weighted by atomic mass is 15.3. The molecule has 0 aliphatic rings. The lowest BCUT2D eigenvalue weighted by Crippen LogP contribution is -2.04. The van der Waals surface area contributed by atoms with Crippen molar-refractivity contribution in [2.75, 3.05) is 5.73 Å². The van der Waals surface area contributed by atoms with E-state index in [1.54, 1.807) is 6.20 Å². The number of nitrogens with zero attached hydrogens (tertiary/aromatic N) is 4. The monoisotopic (exact) mass is 320 g/mol. The molecular formula is C18H20N6. The Labute approximate surface area is 139 Å². The highest BCUT2D eigenvalue weighted by Gasteiger charge is 2.14. The van der Waals surface area contributed by atoms with Gasteiger partial charge in [-0.3, -0.25) is 9.78 Å². The lowest BCUT2D eigenvalue weighted by atomic mass is 10.1. The van der Waals surface area contributed by atoms with Crippen LogP contribution in [0.5, 0.6) is 0 Å². The molecule has 0 fully saturated rings. The van der Waals surface area contributed by atoms with Gasteiger partial charge in [0.05, 0.1) is 16.6 Å². The minimum Gasteiger partial charge on any atom is -0.383 e. The van der Waals surface area contributed by atoms with Crippen molar-refractivity contribution in [3.63, 3.8) is 0 Å². The summed E-state index contributed by atoms with van der Waals surface area (Å²) in [6, 6.07) is 8.39. The van der Waals surface area contributed by atoms with Crippen LogP contribution in [-0.2, 0) is 0 Å². The van der Waals surface area contributed by atoms with E-state index in [0.29, 0.717) is 11.9 Å². The predicted molar refractivity (Wildman–Crippen MR) is 96.6 cm³/mol. The molecule has 0 aliphatic carbocycles. The lowest BCUT2D eigenvalue weighted by Gasteiger charge is -2.09. The zero-order valence-electron chi connectivity index (χ0n) is 13.8. The van der Waals surface area contributed by atoms with E-state index in [4.69, 9.17) is 10.8 Å². The Balaban J connectivity index is 1.90. The largest absolute Gasteiger partial charge is 0.383 e. The van der Waals surface area contributed by atoms with E-state index < -0.39 is 0 Å². The SMILES string of the molecule is CCCC(C)n1cc2c(N)nc3cc(-c4cc[nH]n4)ccc3c2n1. The molecule has 0 aliphatic heterocycles. The summed E-state index contributed by atoms with van der Waals surface area (Å²) in [5.74, 6) is 0.520. The highest BCUT2D eigenvalue weighted by molar-refractivity contribution is 6.08. The molecule has 1 unspecified atom stereocenters. The van der Waals surface area contributed by atoms with Gasteiger partial charge in [0.25, 0.3) is 0 Å². The minimum atomic E-state index is 0.347. The van der Waals surface area contributed by atoms with Gasteiger partial charge in [-0.1, -0.05) is 19.4 Å². The fourth-order valence-electron chi connectivity index (χ4n) is 3.15. The third-order valence-corrected chi connectivity index (χ3v) is 4.46. The van der Waals surface area contributed by atoms with Crippen molar-refractivity contribution in [3.05, 3.63) is 36.7 Å². The van der Waals surface area contributed by atoms with Crippen LogP contribution in [0.1, 0.15) is 32.7 Å². The molecular weight excluding hydrogens is 300 g/mol. The molecule has 0 spiro atoms. The zero-order valence-corrected chi connectivity index (χ0v) is 13.8. The molecule has 0 saturated carbocycles. The first-order valence-corrected chi connectivity index (χ1v) is 8.25. The number of nitrogens with two attached hydrogens (primary N) is 1. The molecule has 1 aromatic carbocycles. The van der Waals surface area contributed by atoms with Crippen LogP contribution in [0.4, 0.5) is 5.82 Å². The van der Waals surface area contributed by atoms with Gasteiger partial charge in [-0.2, -0.15) is 10.2 Å². The number of hydrogen-bond donors (Lipinski definition) is 2. The Morgan fingerprint density at radius 2 is 2.12 bits per heavy atom. The standard InChI is InChI=1S/C18H20N6/c1-3-4-11(2)24-10-14-17(23-24)13-6-5-12(15-7-8-20-22-15)9-16(13)21-18(14)19/h5-11H,3-4H2,1-2H3,(H2,19,21)(H,20,22). The van der Waals surface area contributed by atoms with E-state index in [1.165, 1.54) is 0 Å². The molecule has 0 radical (unpaired) electrons. The molecule has 24 heavy (non-hydrogen) atoms. The topological polar surface area (TPSA) is 85.4 Å². The second-order valence-electron chi connectivity index (χ2n) is 6.20. The van der Waals surface area contributed by atoms with Crippen LogP contribution in [0.25, 0.3) is 33.1 Å². The number of anilines is 1. The summed E-state index contributed by atoms with van der Waals surface area (Å²) >= 11 is 0. The molecule has 6 heteroatoms. The molecule has 3 aromatic heterocycles. The van der Waals surface area contributed by atoms with Crippen molar-refractivity contribution < 1.29 is 0 Å². The minimum absolute atomic E-state index is 0.347. The van der Waals surface area contributed by atoms with Crippen LogP contribution < -0.4 is 5.73 Å². The van der Waals surface area contributed by atoms with Crippen molar-refractivity contribution >= 4 is 27.6 Å². The van der Waals surface area contributed by atoms with Gasteiger partial charge in [-0.15, -0.1) is 0 Å². The summed E-state index contributed by atoms with van der Waals surface area (Å²) < 4.78 is 2.01. The van der Waals surface area contributed by atoms with Gasteiger partial charge < -0.3 is 5.73 Å². The number of pyridine rings is 1. The maximum Gasteiger partial charge on any atom is 0.135 e. The number of nitrogen functional groups attached to an aromatic ring is 1. The van der Waals surface area contributed by atoms with Gasteiger partial charge >= 0.3 is 0 Å². The number of nitrogens with one attached hydrogen (secondary N) is 1. The van der Waals surface area contributed by atoms with Crippen LogP contribution >= 0.6 is 0 Å². The number of aromatic amines is 1. The van der Waals surface area contributed by atoms with Gasteiger partial charge in [-0.05, 0) is 31.5 Å². The summed E-state index contributed by atoms with van der Waals surface area (Å²) in [6.45, 7) is 4.36. The fourth-order valence-corrected chi connectivity index (χ4v) is 3.15. The summed E-state index contributed by atoms with van der Waals surface area (Å²) in [5, 5.41) is 13.8. The second kappa shape index (κ2) is 5.63. The first-order chi connectivity index (χ1) is 11.7. The Kier molecular flexibility index (Phi) is 3.45. The summed E-state index contributed by atoms with van der Waals surface area (Å²) in [6.07, 6.45) is 6.03. The number of fused-ring (bicyclic) bond motifs is 3. The Morgan fingerprint density at radius 3 is 2.88 bits per heavy atom. The third-order valence-electron chi connectivity index (χ3n) is 4.46. The van der Waals surface area contributed by atoms with Gasteiger partial charge in [0.2, 0.25) is 0 Å². The van der Waals surface area contributed by atoms with E-state index in [-0.39, 0.29) is 0 Å². The Morgan fingerprint density at radius 1 is 1.25 bits per heavy atom. The number of aromatic nitrogens is 5. The number of rotatable bonds is 4. The first-order valence-electron chi connectivity index (χ1n) is 8.25. The van der Waals surface area contributed by atoms with Crippen LogP contribution in [0.15, 0.2) is 36.7 Å². The van der Waals surface area contributed by atoms with Gasteiger partial charge in [0.1, 0.15) is 11.3 Å². The van der Waals surface area contributed by atoms with Crippen LogP contribution in [0.3, 0.4) is 0 Å². The Bertz CT molecular complexity index is 999. The molecule has 122 valence electrons. The highest BCUT2D eigenvalue weighted by Crippen LogP contribution is 2.30. The summed E-state index contributed by atoms with van der Waals surface area (Å²) in [7, 11) is 0. The van der Waals surface area contributed by atoms with Crippen molar-refractivity contribution in [1.82, 2.24) is 25.0 Å². The molecule has 3 heterocycles. The molecule has 0 saturated heterocycles. The zero-order chi connectivity index (χ0) is 16.7. The predicted octanol–water partition coefficient (Wildman–Crippen LogP) is 3.92. The number of hydrogen-bond acceptors (Lipinski definition) is 4. The van der Waals surface area contributed by atoms with Crippen LogP contribution in [-0.4, -0.2) is 25.0 Å². The van der Waals surface area contributed by atoms with Gasteiger partial charge in [-0.25, -0.2) is 4.98 Å². The van der Waals surface area contributed by atoms with E-state index in [2.05, 4.69) is 35.1 Å². The normalized spacial score (nSPS) is 12.9. The average Bonchev–Trinajstić information content (AvgIpc) is 3.25. The average molecular weight is 320 g/mol. The molecule has 0 amide bonds.